The number of amides is 2. The van der Waals surface area contributed by atoms with E-state index in [2.05, 4.69) is 22.1 Å². The van der Waals surface area contributed by atoms with Crippen LogP contribution in [-0.2, 0) is 5.75 Å². The minimum Gasteiger partial charge on any atom is -0.352 e. The van der Waals surface area contributed by atoms with E-state index in [1.165, 1.54) is 4.88 Å². The number of rotatable bonds is 7. The summed E-state index contributed by atoms with van der Waals surface area (Å²) in [5.41, 5.74) is 1.75. The van der Waals surface area contributed by atoms with Crippen LogP contribution in [0.3, 0.4) is 0 Å². The molecule has 4 nitrogen and oxygen atoms in total. The summed E-state index contributed by atoms with van der Waals surface area (Å²) in [4.78, 5) is 27.0. The summed E-state index contributed by atoms with van der Waals surface area (Å²) in [6.45, 7) is 2.43. The van der Waals surface area contributed by atoms with Gasteiger partial charge in [-0.15, -0.1) is 23.1 Å². The zero-order chi connectivity index (χ0) is 19.1. The van der Waals surface area contributed by atoms with Gasteiger partial charge in [0.2, 0.25) is 0 Å². The molecule has 1 heterocycles. The first kappa shape index (κ1) is 19.2. The van der Waals surface area contributed by atoms with Crippen molar-refractivity contribution in [1.82, 2.24) is 5.32 Å². The first-order valence-electron chi connectivity index (χ1n) is 8.61. The van der Waals surface area contributed by atoms with Crippen molar-refractivity contribution >= 4 is 40.6 Å². The van der Waals surface area contributed by atoms with Crippen LogP contribution in [-0.4, -0.2) is 18.4 Å². The van der Waals surface area contributed by atoms with Crippen molar-refractivity contribution in [1.29, 1.82) is 0 Å². The number of carbonyl (C=O) groups is 2. The molecule has 0 unspecified atom stereocenters. The second kappa shape index (κ2) is 9.39. The van der Waals surface area contributed by atoms with Crippen LogP contribution in [0.2, 0.25) is 0 Å². The van der Waals surface area contributed by atoms with Crippen molar-refractivity contribution in [3.05, 3.63) is 82.0 Å². The molecule has 0 fully saturated rings. The van der Waals surface area contributed by atoms with Gasteiger partial charge in [-0.3, -0.25) is 9.59 Å². The molecule has 0 spiro atoms. The third kappa shape index (κ3) is 5.21. The van der Waals surface area contributed by atoms with E-state index in [0.29, 0.717) is 23.4 Å². The lowest BCUT2D eigenvalue weighted by atomic mass is 10.1. The Bertz CT molecular complexity index is 923. The van der Waals surface area contributed by atoms with E-state index in [-0.39, 0.29) is 11.8 Å². The normalized spacial score (nSPS) is 10.4. The van der Waals surface area contributed by atoms with Crippen molar-refractivity contribution in [3.8, 4) is 0 Å². The van der Waals surface area contributed by atoms with Crippen molar-refractivity contribution in [3.63, 3.8) is 0 Å². The number of thioether (sulfide) groups is 1. The summed E-state index contributed by atoms with van der Waals surface area (Å²) in [5.74, 6) is 0.493. The van der Waals surface area contributed by atoms with E-state index in [4.69, 9.17) is 0 Å². The highest BCUT2D eigenvalue weighted by Crippen LogP contribution is 2.28. The van der Waals surface area contributed by atoms with Gasteiger partial charge in [0.25, 0.3) is 11.8 Å². The number of carbonyl (C=O) groups excluding carboxylic acids is 2. The Morgan fingerprint density at radius 3 is 2.63 bits per heavy atom. The predicted molar refractivity (Wildman–Crippen MR) is 113 cm³/mol. The molecule has 1 aromatic heterocycles. The van der Waals surface area contributed by atoms with Gasteiger partial charge in [0, 0.05) is 33.3 Å². The van der Waals surface area contributed by atoms with Crippen LogP contribution in [0.5, 0.6) is 0 Å². The van der Waals surface area contributed by atoms with E-state index in [1.807, 2.05) is 37.3 Å². The van der Waals surface area contributed by atoms with Gasteiger partial charge in [-0.05, 0) is 48.7 Å². The fourth-order valence-electron chi connectivity index (χ4n) is 2.52. The minimum atomic E-state index is -0.183. The number of thiophene rings is 1. The molecule has 2 aromatic carbocycles. The molecule has 0 bridgehead atoms. The van der Waals surface area contributed by atoms with Gasteiger partial charge in [-0.1, -0.05) is 24.3 Å². The van der Waals surface area contributed by atoms with Gasteiger partial charge < -0.3 is 10.6 Å². The standard InChI is InChI=1S/C21H20N2O2S2/c1-2-22-20(24)15-7-5-8-16(13-15)23-21(25)18-10-3-4-11-19(18)27-14-17-9-6-12-26-17/h3-13H,2,14H2,1H3,(H,22,24)(H,23,25). The van der Waals surface area contributed by atoms with Crippen molar-refractivity contribution < 1.29 is 9.59 Å². The second-order valence-electron chi connectivity index (χ2n) is 5.76. The highest BCUT2D eigenvalue weighted by Gasteiger charge is 2.13. The lowest BCUT2D eigenvalue weighted by Crippen LogP contribution is -2.22. The maximum Gasteiger partial charge on any atom is 0.256 e. The summed E-state index contributed by atoms with van der Waals surface area (Å²) in [7, 11) is 0. The fourth-order valence-corrected chi connectivity index (χ4v) is 4.35. The molecule has 2 N–H and O–H groups in total. The van der Waals surface area contributed by atoms with Crippen LogP contribution in [0.1, 0.15) is 32.5 Å². The highest BCUT2D eigenvalue weighted by atomic mass is 32.2. The van der Waals surface area contributed by atoms with E-state index in [9.17, 15) is 9.59 Å². The van der Waals surface area contributed by atoms with Crippen LogP contribution in [0.25, 0.3) is 0 Å². The molecule has 3 rings (SSSR count). The lowest BCUT2D eigenvalue weighted by Gasteiger charge is -2.11. The summed E-state index contributed by atoms with van der Waals surface area (Å²) in [6, 6.07) is 18.6. The first-order chi connectivity index (χ1) is 13.2. The van der Waals surface area contributed by atoms with Gasteiger partial charge in [0.1, 0.15) is 0 Å². The molecule has 3 aromatic rings. The Kier molecular flexibility index (Phi) is 6.68. The average molecular weight is 397 g/mol. The molecular formula is C21H20N2O2S2. The largest absolute Gasteiger partial charge is 0.352 e. The summed E-state index contributed by atoms with van der Waals surface area (Å²) >= 11 is 3.35. The van der Waals surface area contributed by atoms with Crippen LogP contribution in [0.4, 0.5) is 5.69 Å². The molecule has 6 heteroatoms. The van der Waals surface area contributed by atoms with Crippen LogP contribution >= 0.6 is 23.1 Å². The number of benzene rings is 2. The predicted octanol–water partition coefficient (Wildman–Crippen LogP) is 5.04. The molecule has 27 heavy (non-hydrogen) atoms. The molecule has 0 aliphatic carbocycles. The molecule has 0 aliphatic rings. The molecule has 0 saturated heterocycles. The molecule has 0 radical (unpaired) electrons. The Morgan fingerprint density at radius 2 is 1.85 bits per heavy atom. The Balaban J connectivity index is 1.73. The fraction of sp³-hybridized carbons (Fsp3) is 0.143. The van der Waals surface area contributed by atoms with Crippen molar-refractivity contribution in [2.24, 2.45) is 0 Å². The Labute approximate surface area is 167 Å². The molecule has 0 saturated carbocycles. The summed E-state index contributed by atoms with van der Waals surface area (Å²) < 4.78 is 0. The average Bonchev–Trinajstić information content (AvgIpc) is 3.20. The number of hydrogen-bond donors (Lipinski definition) is 2. The third-order valence-corrected chi connectivity index (χ3v) is 5.98. The molecular weight excluding hydrogens is 376 g/mol. The quantitative estimate of drug-likeness (QED) is 0.550. The Morgan fingerprint density at radius 1 is 1.00 bits per heavy atom. The third-order valence-electron chi connectivity index (χ3n) is 3.80. The maximum absolute atomic E-state index is 12.8. The van der Waals surface area contributed by atoms with E-state index >= 15 is 0 Å². The molecule has 138 valence electrons. The molecule has 0 atom stereocenters. The summed E-state index contributed by atoms with van der Waals surface area (Å²) in [6.07, 6.45) is 0. The van der Waals surface area contributed by atoms with Crippen LogP contribution in [0.15, 0.2) is 70.9 Å². The smallest absolute Gasteiger partial charge is 0.256 e. The van der Waals surface area contributed by atoms with Crippen LogP contribution in [0, 0.1) is 0 Å². The minimum absolute atomic E-state index is 0.152. The van der Waals surface area contributed by atoms with Crippen LogP contribution < -0.4 is 10.6 Å². The summed E-state index contributed by atoms with van der Waals surface area (Å²) in [5, 5.41) is 7.71. The van der Waals surface area contributed by atoms with Gasteiger partial charge in [0.05, 0.1) is 5.56 Å². The van der Waals surface area contributed by atoms with E-state index < -0.39 is 0 Å². The second-order valence-corrected chi connectivity index (χ2v) is 7.81. The lowest BCUT2D eigenvalue weighted by molar-refractivity contribution is 0.0954. The number of hydrogen-bond acceptors (Lipinski definition) is 4. The van der Waals surface area contributed by atoms with Crippen molar-refractivity contribution in [2.45, 2.75) is 17.6 Å². The zero-order valence-corrected chi connectivity index (χ0v) is 16.5. The SMILES string of the molecule is CCNC(=O)c1cccc(NC(=O)c2ccccc2SCc2cccs2)c1. The van der Waals surface area contributed by atoms with E-state index in [1.54, 1.807) is 47.4 Å². The molecule has 0 aliphatic heterocycles. The topological polar surface area (TPSA) is 58.2 Å². The number of nitrogens with one attached hydrogen (secondary N) is 2. The van der Waals surface area contributed by atoms with Gasteiger partial charge in [-0.2, -0.15) is 0 Å². The molecule has 2 amide bonds. The Hall–Kier alpha value is -2.57. The highest BCUT2D eigenvalue weighted by molar-refractivity contribution is 7.98. The monoisotopic (exact) mass is 396 g/mol. The van der Waals surface area contributed by atoms with Gasteiger partial charge in [-0.25, -0.2) is 0 Å². The zero-order valence-electron chi connectivity index (χ0n) is 14.9. The van der Waals surface area contributed by atoms with Crippen molar-refractivity contribution in [2.75, 3.05) is 11.9 Å². The maximum atomic E-state index is 12.8. The first-order valence-corrected chi connectivity index (χ1v) is 10.5. The number of anilines is 1. The van der Waals surface area contributed by atoms with E-state index in [0.717, 1.165) is 10.6 Å². The van der Waals surface area contributed by atoms with Gasteiger partial charge >= 0.3 is 0 Å². The van der Waals surface area contributed by atoms with Gasteiger partial charge in [0.15, 0.2) is 0 Å².